The second kappa shape index (κ2) is 4.57. The molecule has 0 aromatic heterocycles. The molecule has 0 saturated carbocycles. The first-order valence-corrected chi connectivity index (χ1v) is 6.45. The molecule has 0 atom stereocenters. The molecule has 0 aliphatic heterocycles. The second-order valence-corrected chi connectivity index (χ2v) is 4.80. The third-order valence-electron chi connectivity index (χ3n) is 3.77. The van der Waals surface area contributed by atoms with Crippen molar-refractivity contribution in [2.45, 2.75) is 19.3 Å². The molecular formula is C16H16O3. The maximum absolute atomic E-state index is 12.0. The summed E-state index contributed by atoms with van der Waals surface area (Å²) in [6.07, 6.45) is 2.54. The first-order chi connectivity index (χ1) is 9.24. The highest BCUT2D eigenvalue weighted by atomic mass is 16.5. The highest BCUT2D eigenvalue weighted by molar-refractivity contribution is 6.04. The minimum Gasteiger partial charge on any atom is -0.493 e. The first kappa shape index (κ1) is 12.0. The molecule has 0 unspecified atom stereocenters. The SMILES string of the molecule is COc1cc2ccc3c(c2cc1OC)CCCC3=O. The van der Waals surface area contributed by atoms with Crippen LogP contribution in [0.4, 0.5) is 0 Å². The van der Waals surface area contributed by atoms with Crippen LogP contribution in [0.15, 0.2) is 24.3 Å². The summed E-state index contributed by atoms with van der Waals surface area (Å²) in [6.45, 7) is 0. The molecule has 19 heavy (non-hydrogen) atoms. The van der Waals surface area contributed by atoms with E-state index in [0.717, 1.165) is 40.5 Å². The number of Topliss-reactive ketones (excluding diaryl/α,β-unsaturated/α-hetero) is 1. The van der Waals surface area contributed by atoms with Gasteiger partial charge < -0.3 is 9.47 Å². The minimum atomic E-state index is 0.248. The average Bonchev–Trinajstić information content (AvgIpc) is 2.45. The summed E-state index contributed by atoms with van der Waals surface area (Å²) in [5.74, 6) is 1.68. The van der Waals surface area contributed by atoms with Crippen LogP contribution in [0.25, 0.3) is 10.8 Å². The van der Waals surface area contributed by atoms with E-state index in [1.54, 1.807) is 14.2 Å². The van der Waals surface area contributed by atoms with Crippen molar-refractivity contribution in [3.8, 4) is 11.5 Å². The Hall–Kier alpha value is -2.03. The van der Waals surface area contributed by atoms with E-state index in [4.69, 9.17) is 9.47 Å². The summed E-state index contributed by atoms with van der Waals surface area (Å²) >= 11 is 0. The Balaban J connectivity index is 2.30. The Morgan fingerprint density at radius 3 is 2.47 bits per heavy atom. The molecule has 0 saturated heterocycles. The van der Waals surface area contributed by atoms with Gasteiger partial charge in [0.1, 0.15) is 0 Å². The number of methoxy groups -OCH3 is 2. The lowest BCUT2D eigenvalue weighted by atomic mass is 9.87. The van der Waals surface area contributed by atoms with E-state index in [1.165, 1.54) is 0 Å². The zero-order valence-electron chi connectivity index (χ0n) is 11.2. The van der Waals surface area contributed by atoms with Crippen LogP contribution in [0.1, 0.15) is 28.8 Å². The lowest BCUT2D eigenvalue weighted by molar-refractivity contribution is 0.0973. The fraction of sp³-hybridized carbons (Fsp3) is 0.312. The van der Waals surface area contributed by atoms with Crippen LogP contribution in [0, 0.1) is 0 Å². The van der Waals surface area contributed by atoms with Gasteiger partial charge in [-0.15, -0.1) is 0 Å². The lowest BCUT2D eigenvalue weighted by Crippen LogP contribution is -2.11. The number of hydrogen-bond donors (Lipinski definition) is 0. The van der Waals surface area contributed by atoms with Crippen molar-refractivity contribution in [2.75, 3.05) is 14.2 Å². The largest absolute Gasteiger partial charge is 0.493 e. The van der Waals surface area contributed by atoms with Gasteiger partial charge in [-0.3, -0.25) is 4.79 Å². The number of aryl methyl sites for hydroxylation is 1. The highest BCUT2D eigenvalue weighted by Crippen LogP contribution is 2.36. The summed E-state index contributed by atoms with van der Waals surface area (Å²) in [6, 6.07) is 7.86. The summed E-state index contributed by atoms with van der Waals surface area (Å²) in [7, 11) is 3.26. The molecule has 0 bridgehead atoms. The molecule has 1 aliphatic carbocycles. The van der Waals surface area contributed by atoms with Crippen molar-refractivity contribution in [3.05, 3.63) is 35.4 Å². The number of fused-ring (bicyclic) bond motifs is 3. The van der Waals surface area contributed by atoms with Gasteiger partial charge in [0.2, 0.25) is 0 Å². The number of rotatable bonds is 2. The van der Waals surface area contributed by atoms with Gasteiger partial charge in [0.05, 0.1) is 14.2 Å². The molecule has 3 rings (SSSR count). The Morgan fingerprint density at radius 2 is 1.74 bits per heavy atom. The predicted molar refractivity (Wildman–Crippen MR) is 74.3 cm³/mol. The summed E-state index contributed by atoms with van der Waals surface area (Å²) < 4.78 is 10.7. The van der Waals surface area contributed by atoms with E-state index in [-0.39, 0.29) is 5.78 Å². The van der Waals surface area contributed by atoms with Crippen molar-refractivity contribution < 1.29 is 14.3 Å². The number of carbonyl (C=O) groups excluding carboxylic acids is 1. The van der Waals surface area contributed by atoms with Crippen molar-refractivity contribution in [1.82, 2.24) is 0 Å². The maximum Gasteiger partial charge on any atom is 0.163 e. The Kier molecular flexibility index (Phi) is 2.90. The molecule has 0 fully saturated rings. The molecule has 0 amide bonds. The number of carbonyl (C=O) groups is 1. The molecule has 0 spiro atoms. The average molecular weight is 256 g/mol. The monoisotopic (exact) mass is 256 g/mol. The standard InChI is InChI=1S/C16H16O3/c1-18-15-8-10-6-7-12-11(4-3-5-14(12)17)13(10)9-16(15)19-2/h6-9H,3-5H2,1-2H3. The number of hydrogen-bond acceptors (Lipinski definition) is 3. The predicted octanol–water partition coefficient (Wildman–Crippen LogP) is 3.38. The highest BCUT2D eigenvalue weighted by Gasteiger charge is 2.20. The van der Waals surface area contributed by atoms with Crippen molar-refractivity contribution in [2.24, 2.45) is 0 Å². The molecule has 98 valence electrons. The van der Waals surface area contributed by atoms with Crippen LogP contribution in [-0.2, 0) is 6.42 Å². The topological polar surface area (TPSA) is 35.5 Å². The number of ether oxygens (including phenoxy) is 2. The van der Waals surface area contributed by atoms with Crippen LogP contribution in [0.2, 0.25) is 0 Å². The van der Waals surface area contributed by atoms with Crippen molar-refractivity contribution in [1.29, 1.82) is 0 Å². The normalized spacial score (nSPS) is 14.3. The lowest BCUT2D eigenvalue weighted by Gasteiger charge is -2.18. The zero-order chi connectivity index (χ0) is 13.4. The van der Waals surface area contributed by atoms with Crippen LogP contribution < -0.4 is 9.47 Å². The third-order valence-corrected chi connectivity index (χ3v) is 3.77. The molecule has 1 aliphatic rings. The minimum absolute atomic E-state index is 0.248. The van der Waals surface area contributed by atoms with E-state index in [2.05, 4.69) is 0 Å². The molecule has 2 aromatic rings. The van der Waals surface area contributed by atoms with Crippen LogP contribution >= 0.6 is 0 Å². The summed E-state index contributed by atoms with van der Waals surface area (Å²) in [4.78, 5) is 12.0. The van der Waals surface area contributed by atoms with Gasteiger partial charge >= 0.3 is 0 Å². The van der Waals surface area contributed by atoms with E-state index in [9.17, 15) is 4.79 Å². The molecule has 0 radical (unpaired) electrons. The second-order valence-electron chi connectivity index (χ2n) is 4.80. The molecule has 3 heteroatoms. The van der Waals surface area contributed by atoms with E-state index < -0.39 is 0 Å². The Bertz CT molecular complexity index is 659. The van der Waals surface area contributed by atoms with Crippen LogP contribution in [0.5, 0.6) is 11.5 Å². The summed E-state index contributed by atoms with van der Waals surface area (Å²) in [5.41, 5.74) is 2.01. The van der Waals surface area contributed by atoms with Gasteiger partial charge in [-0.2, -0.15) is 0 Å². The van der Waals surface area contributed by atoms with Crippen molar-refractivity contribution >= 4 is 16.6 Å². The van der Waals surface area contributed by atoms with Gasteiger partial charge in [0.15, 0.2) is 17.3 Å². The molecule has 0 heterocycles. The first-order valence-electron chi connectivity index (χ1n) is 6.45. The Labute approximate surface area is 112 Å². The van der Waals surface area contributed by atoms with Crippen LogP contribution in [0.3, 0.4) is 0 Å². The smallest absolute Gasteiger partial charge is 0.163 e. The van der Waals surface area contributed by atoms with Gasteiger partial charge in [-0.05, 0) is 41.3 Å². The third kappa shape index (κ3) is 1.86. The van der Waals surface area contributed by atoms with Crippen LogP contribution in [-0.4, -0.2) is 20.0 Å². The van der Waals surface area contributed by atoms with Gasteiger partial charge in [0, 0.05) is 12.0 Å². The van der Waals surface area contributed by atoms with E-state index in [0.29, 0.717) is 12.2 Å². The quantitative estimate of drug-likeness (QED) is 0.826. The Morgan fingerprint density at radius 1 is 1.00 bits per heavy atom. The molecule has 3 nitrogen and oxygen atoms in total. The molecule has 2 aromatic carbocycles. The number of ketones is 1. The fourth-order valence-corrected chi connectivity index (χ4v) is 2.80. The summed E-state index contributed by atoms with van der Waals surface area (Å²) in [5, 5.41) is 2.19. The van der Waals surface area contributed by atoms with Gasteiger partial charge in [0.25, 0.3) is 0 Å². The molecular weight excluding hydrogens is 240 g/mol. The fourth-order valence-electron chi connectivity index (χ4n) is 2.80. The maximum atomic E-state index is 12.0. The van der Waals surface area contributed by atoms with Crippen molar-refractivity contribution in [3.63, 3.8) is 0 Å². The molecule has 0 N–H and O–H groups in total. The zero-order valence-corrected chi connectivity index (χ0v) is 11.2. The van der Waals surface area contributed by atoms with Gasteiger partial charge in [-0.25, -0.2) is 0 Å². The van der Waals surface area contributed by atoms with E-state index >= 15 is 0 Å². The van der Waals surface area contributed by atoms with E-state index in [1.807, 2.05) is 24.3 Å². The van der Waals surface area contributed by atoms with Gasteiger partial charge in [-0.1, -0.05) is 12.1 Å². The number of benzene rings is 2.